The Bertz CT molecular complexity index is 1200. The molecule has 39 heavy (non-hydrogen) atoms. The summed E-state index contributed by atoms with van der Waals surface area (Å²) in [7, 11) is 0. The summed E-state index contributed by atoms with van der Waals surface area (Å²) in [6, 6.07) is 0.117. The number of aliphatic hydroxyl groups excluding tert-OH is 1. The van der Waals surface area contributed by atoms with Crippen molar-refractivity contribution in [1.82, 2.24) is 20.0 Å². The number of nitrogens with zero attached hydrogens (tertiary/aromatic N) is 3. The van der Waals surface area contributed by atoms with Gasteiger partial charge in [0.1, 0.15) is 17.5 Å². The maximum absolute atomic E-state index is 14.0. The minimum Gasteiger partial charge on any atom is -0.503 e. The Morgan fingerprint density at radius 3 is 2.38 bits per heavy atom. The number of carbonyl (C=O) groups is 4. The molecule has 2 saturated heterocycles. The van der Waals surface area contributed by atoms with Crippen LogP contribution in [0.4, 0.5) is 18.0 Å². The molecule has 3 atom stereocenters. The topological polar surface area (TPSA) is 130 Å². The van der Waals surface area contributed by atoms with Crippen molar-refractivity contribution in [2.45, 2.75) is 52.2 Å². The SMILES string of the molecule is CCN(CC1CCC(C)N2CC1N(/C=C(\C)C(=O)NCc1c(F)cc(F)cc1F)/C(=C(/O)C=O)C2=O)C(=O)O. The minimum atomic E-state index is -1.17. The Labute approximate surface area is 223 Å². The largest absolute Gasteiger partial charge is 0.503 e. The molecule has 3 unspecified atom stereocenters. The lowest BCUT2D eigenvalue weighted by atomic mass is 9.91. The van der Waals surface area contributed by atoms with E-state index < -0.39 is 59.3 Å². The van der Waals surface area contributed by atoms with E-state index in [-0.39, 0.29) is 49.2 Å². The van der Waals surface area contributed by atoms with E-state index >= 15 is 0 Å². The molecule has 10 nitrogen and oxygen atoms in total. The number of carboxylic acid groups (broad SMARTS) is 1. The summed E-state index contributed by atoms with van der Waals surface area (Å²) in [5.74, 6) is -6.06. The van der Waals surface area contributed by atoms with Gasteiger partial charge in [0.2, 0.25) is 5.91 Å². The predicted molar refractivity (Wildman–Crippen MR) is 132 cm³/mol. The third-order valence-electron chi connectivity index (χ3n) is 7.18. The highest BCUT2D eigenvalue weighted by Gasteiger charge is 2.45. The van der Waals surface area contributed by atoms with E-state index in [4.69, 9.17) is 0 Å². The summed E-state index contributed by atoms with van der Waals surface area (Å²) in [5, 5.41) is 22.3. The van der Waals surface area contributed by atoms with Crippen molar-refractivity contribution >= 4 is 24.2 Å². The number of allylic oxidation sites excluding steroid dienone is 1. The van der Waals surface area contributed by atoms with E-state index in [2.05, 4.69) is 5.32 Å². The summed E-state index contributed by atoms with van der Waals surface area (Å²) in [4.78, 5) is 53.5. The van der Waals surface area contributed by atoms with Gasteiger partial charge in [-0.25, -0.2) is 18.0 Å². The molecule has 3 N–H and O–H groups in total. The summed E-state index contributed by atoms with van der Waals surface area (Å²) >= 11 is 0. The average Bonchev–Trinajstić information content (AvgIpc) is 3.01. The van der Waals surface area contributed by atoms with Crippen molar-refractivity contribution in [3.05, 3.63) is 58.4 Å². The fraction of sp³-hybridized carbons (Fsp3) is 0.462. The maximum Gasteiger partial charge on any atom is 0.407 e. The van der Waals surface area contributed by atoms with Crippen LogP contribution in [-0.4, -0.2) is 80.8 Å². The Morgan fingerprint density at radius 2 is 1.82 bits per heavy atom. The van der Waals surface area contributed by atoms with E-state index in [0.717, 1.165) is 0 Å². The summed E-state index contributed by atoms with van der Waals surface area (Å²) in [5.41, 5.74) is -0.940. The van der Waals surface area contributed by atoms with Crippen LogP contribution in [0.3, 0.4) is 0 Å². The Hall–Kier alpha value is -4.03. The number of halogens is 3. The first-order valence-electron chi connectivity index (χ1n) is 12.4. The second-order valence-electron chi connectivity index (χ2n) is 9.63. The lowest BCUT2D eigenvalue weighted by Gasteiger charge is -2.45. The van der Waals surface area contributed by atoms with Crippen LogP contribution in [0.15, 0.2) is 35.4 Å². The highest BCUT2D eigenvalue weighted by molar-refractivity contribution is 5.99. The molecular formula is C26H31F3N4O6. The van der Waals surface area contributed by atoms with Crippen LogP contribution < -0.4 is 5.32 Å². The third kappa shape index (κ3) is 6.35. The number of hydrogen-bond acceptors (Lipinski definition) is 6. The van der Waals surface area contributed by atoms with E-state index in [1.165, 1.54) is 27.8 Å². The van der Waals surface area contributed by atoms with Crippen molar-refractivity contribution in [1.29, 1.82) is 0 Å². The Kier molecular flexibility index (Phi) is 9.25. The van der Waals surface area contributed by atoms with Crippen LogP contribution in [-0.2, 0) is 20.9 Å². The smallest absolute Gasteiger partial charge is 0.407 e. The fourth-order valence-corrected chi connectivity index (χ4v) is 4.96. The first kappa shape index (κ1) is 29.5. The Balaban J connectivity index is 1.97. The van der Waals surface area contributed by atoms with Crippen molar-refractivity contribution in [3.8, 4) is 0 Å². The zero-order valence-electron chi connectivity index (χ0n) is 21.8. The van der Waals surface area contributed by atoms with Crippen LogP contribution in [0.1, 0.15) is 39.2 Å². The van der Waals surface area contributed by atoms with Gasteiger partial charge >= 0.3 is 6.09 Å². The highest BCUT2D eigenvalue weighted by Crippen LogP contribution is 2.35. The van der Waals surface area contributed by atoms with Crippen molar-refractivity contribution in [3.63, 3.8) is 0 Å². The average molecular weight is 553 g/mol. The van der Waals surface area contributed by atoms with Gasteiger partial charge < -0.3 is 30.2 Å². The standard InChI is InChI=1S/C26H31F3N4O6/c1-4-31(26(38)39)11-16-6-5-15(3)32-12-21(16)33(23(25(32)37)22(35)13-34)10-14(2)24(36)30-9-18-19(28)7-17(27)8-20(18)29/h7-8,10,13,15-16,21,35H,4-6,9,11-12H2,1-3H3,(H,30,36)(H,38,39)/b14-10+,23-22+. The van der Waals surface area contributed by atoms with Crippen LogP contribution in [0.2, 0.25) is 0 Å². The number of benzene rings is 1. The third-order valence-corrected chi connectivity index (χ3v) is 7.18. The first-order valence-corrected chi connectivity index (χ1v) is 12.4. The maximum atomic E-state index is 14.0. The molecule has 2 aliphatic heterocycles. The van der Waals surface area contributed by atoms with Gasteiger partial charge in [0.15, 0.2) is 17.7 Å². The molecule has 2 aliphatic rings. The highest BCUT2D eigenvalue weighted by atomic mass is 19.1. The minimum absolute atomic E-state index is 0.0306. The lowest BCUT2D eigenvalue weighted by Crippen LogP contribution is -2.57. The summed E-state index contributed by atoms with van der Waals surface area (Å²) in [6.07, 6.45) is 1.31. The fourth-order valence-electron chi connectivity index (χ4n) is 4.96. The van der Waals surface area contributed by atoms with Gasteiger partial charge in [-0.1, -0.05) is 0 Å². The molecule has 0 aliphatic carbocycles. The van der Waals surface area contributed by atoms with Crippen molar-refractivity contribution in [2.24, 2.45) is 5.92 Å². The molecule has 212 valence electrons. The summed E-state index contributed by atoms with van der Waals surface area (Å²) < 4.78 is 41.2. The van der Waals surface area contributed by atoms with Crippen molar-refractivity contribution in [2.75, 3.05) is 19.6 Å². The number of carbonyl (C=O) groups excluding carboxylic acids is 3. The van der Waals surface area contributed by atoms with Gasteiger partial charge in [0.25, 0.3) is 5.91 Å². The molecule has 2 bridgehead atoms. The van der Waals surface area contributed by atoms with E-state index in [1.54, 1.807) is 6.92 Å². The van der Waals surface area contributed by atoms with Gasteiger partial charge in [-0.2, -0.15) is 0 Å². The molecule has 0 spiro atoms. The molecule has 0 aromatic heterocycles. The van der Waals surface area contributed by atoms with Gasteiger partial charge in [0, 0.05) is 61.7 Å². The quantitative estimate of drug-likeness (QED) is 0.257. The second kappa shape index (κ2) is 12.2. The first-order chi connectivity index (χ1) is 18.4. The van der Waals surface area contributed by atoms with Crippen LogP contribution in [0.25, 0.3) is 0 Å². The monoisotopic (exact) mass is 552 g/mol. The molecule has 2 heterocycles. The number of amides is 3. The van der Waals surface area contributed by atoms with E-state index in [1.807, 2.05) is 6.92 Å². The van der Waals surface area contributed by atoms with Gasteiger partial charge in [-0.3, -0.25) is 14.4 Å². The number of fused-ring (bicyclic) bond motifs is 2. The molecular weight excluding hydrogens is 521 g/mol. The number of hydrogen-bond donors (Lipinski definition) is 3. The van der Waals surface area contributed by atoms with E-state index in [9.17, 15) is 42.6 Å². The van der Waals surface area contributed by atoms with Crippen LogP contribution in [0, 0.1) is 23.4 Å². The van der Waals surface area contributed by atoms with Gasteiger partial charge in [0.05, 0.1) is 6.04 Å². The number of aldehydes is 1. The number of aliphatic hydroxyl groups is 1. The molecule has 3 rings (SSSR count). The molecule has 13 heteroatoms. The van der Waals surface area contributed by atoms with Crippen LogP contribution in [0.5, 0.6) is 0 Å². The Morgan fingerprint density at radius 1 is 1.18 bits per heavy atom. The molecule has 1 aromatic carbocycles. The molecule has 0 radical (unpaired) electrons. The number of rotatable bonds is 8. The molecule has 2 fully saturated rings. The van der Waals surface area contributed by atoms with Crippen LogP contribution >= 0.6 is 0 Å². The van der Waals surface area contributed by atoms with Gasteiger partial charge in [-0.15, -0.1) is 0 Å². The predicted octanol–water partition coefficient (Wildman–Crippen LogP) is 2.90. The van der Waals surface area contributed by atoms with Gasteiger partial charge in [-0.05, 0) is 39.5 Å². The zero-order chi connectivity index (χ0) is 29.0. The second-order valence-corrected chi connectivity index (χ2v) is 9.63. The molecule has 3 amide bonds. The molecule has 1 aromatic rings. The number of piperazine rings is 1. The summed E-state index contributed by atoms with van der Waals surface area (Å²) in [6.45, 7) is 4.75. The normalized spacial score (nSPS) is 22.8. The van der Waals surface area contributed by atoms with Crippen molar-refractivity contribution < 1.29 is 42.6 Å². The lowest BCUT2D eigenvalue weighted by molar-refractivity contribution is -0.135. The van der Waals surface area contributed by atoms with E-state index in [0.29, 0.717) is 25.0 Å². The number of nitrogens with one attached hydrogen (secondary N) is 1. The zero-order valence-corrected chi connectivity index (χ0v) is 21.8. The molecule has 0 saturated carbocycles.